The Kier molecular flexibility index (Phi) is 3.12. The summed E-state index contributed by atoms with van der Waals surface area (Å²) in [5.41, 5.74) is 1.51. The molecule has 1 amide bonds. The topological polar surface area (TPSA) is 47.4 Å². The van der Waals surface area contributed by atoms with Gasteiger partial charge >= 0.3 is 0 Å². The largest absolute Gasteiger partial charge is 0.489 e. The molecule has 3 aromatic rings. The first-order valence-electron chi connectivity index (χ1n) is 7.22. The van der Waals surface area contributed by atoms with E-state index >= 15 is 0 Å². The highest BCUT2D eigenvalue weighted by atomic mass is 32.1. The minimum atomic E-state index is -0.374. The smallest absolute Gasteiger partial charge is 0.268 e. The van der Waals surface area contributed by atoms with Crippen LogP contribution in [-0.4, -0.2) is 28.8 Å². The van der Waals surface area contributed by atoms with E-state index < -0.39 is 0 Å². The molecule has 0 atom stereocenters. The fraction of sp³-hybridized carbons (Fsp3) is 0.250. The molecule has 2 aromatic heterocycles. The van der Waals surface area contributed by atoms with Crippen molar-refractivity contribution < 1.29 is 13.9 Å². The highest BCUT2D eigenvalue weighted by Gasteiger charge is 2.27. The molecular formula is C16H14FN3O2S. The van der Waals surface area contributed by atoms with Crippen LogP contribution >= 0.6 is 11.3 Å². The number of anilines is 1. The second-order valence-corrected chi connectivity index (χ2v) is 6.49. The van der Waals surface area contributed by atoms with E-state index in [4.69, 9.17) is 4.74 Å². The first-order valence-corrected chi connectivity index (χ1v) is 8.03. The maximum atomic E-state index is 13.3. The number of aryl methyl sites for hydroxylation is 2. The average Bonchev–Trinajstić information content (AvgIpc) is 3.08. The van der Waals surface area contributed by atoms with Gasteiger partial charge in [0, 0.05) is 18.5 Å². The van der Waals surface area contributed by atoms with Gasteiger partial charge in [0.2, 0.25) is 0 Å². The lowest BCUT2D eigenvalue weighted by Gasteiger charge is -2.29. The summed E-state index contributed by atoms with van der Waals surface area (Å²) in [6.45, 7) is 2.73. The van der Waals surface area contributed by atoms with Crippen molar-refractivity contribution in [2.75, 3.05) is 18.1 Å². The van der Waals surface area contributed by atoms with Crippen LogP contribution in [0.3, 0.4) is 0 Å². The summed E-state index contributed by atoms with van der Waals surface area (Å²) in [5, 5.41) is 5.34. The summed E-state index contributed by atoms with van der Waals surface area (Å²) in [7, 11) is 1.87. The molecule has 7 heteroatoms. The van der Waals surface area contributed by atoms with Crippen LogP contribution in [0.4, 0.5) is 10.1 Å². The number of fused-ring (bicyclic) bond motifs is 2. The Morgan fingerprint density at radius 1 is 1.39 bits per heavy atom. The standard InChI is InChI=1S/C16H14FN3O2S/c1-9-11-8-14(23-16(11)19(2)18-9)15(21)20-5-6-22-13-7-10(17)3-4-12(13)20/h3-4,7-8H,5-6H2,1-2H3. The SMILES string of the molecule is Cc1nn(C)c2sc(C(=O)N3CCOc4cc(F)ccc43)cc12. The van der Waals surface area contributed by atoms with Crippen molar-refractivity contribution in [3.63, 3.8) is 0 Å². The Hall–Kier alpha value is -2.41. The fourth-order valence-electron chi connectivity index (χ4n) is 2.85. The molecule has 118 valence electrons. The number of carbonyl (C=O) groups excluding carboxylic acids is 1. The first kappa shape index (κ1) is 14.2. The molecule has 0 spiro atoms. The van der Waals surface area contributed by atoms with Gasteiger partial charge in [-0.1, -0.05) is 0 Å². The number of benzene rings is 1. The minimum Gasteiger partial charge on any atom is -0.489 e. The Balaban J connectivity index is 1.76. The molecule has 5 nitrogen and oxygen atoms in total. The second-order valence-electron chi connectivity index (χ2n) is 5.46. The van der Waals surface area contributed by atoms with Crippen LogP contribution in [0.15, 0.2) is 24.3 Å². The molecule has 1 aromatic carbocycles. The average molecular weight is 331 g/mol. The summed E-state index contributed by atoms with van der Waals surface area (Å²) in [6.07, 6.45) is 0. The van der Waals surface area contributed by atoms with Crippen molar-refractivity contribution >= 4 is 33.1 Å². The number of hydrogen-bond donors (Lipinski definition) is 0. The molecule has 0 unspecified atom stereocenters. The van der Waals surface area contributed by atoms with Gasteiger partial charge in [-0.25, -0.2) is 4.39 Å². The quantitative estimate of drug-likeness (QED) is 0.688. The number of hydrogen-bond acceptors (Lipinski definition) is 4. The second kappa shape index (κ2) is 5.06. The molecule has 0 N–H and O–H groups in total. The highest BCUT2D eigenvalue weighted by Crippen LogP contribution is 2.35. The van der Waals surface area contributed by atoms with Gasteiger partial charge in [0.1, 0.15) is 23.0 Å². The third-order valence-corrected chi connectivity index (χ3v) is 5.13. The van der Waals surface area contributed by atoms with Gasteiger partial charge < -0.3 is 9.64 Å². The van der Waals surface area contributed by atoms with Crippen LogP contribution in [0, 0.1) is 12.7 Å². The number of rotatable bonds is 1. The number of halogens is 1. The highest BCUT2D eigenvalue weighted by molar-refractivity contribution is 7.20. The van der Waals surface area contributed by atoms with Gasteiger partial charge in [-0.2, -0.15) is 5.10 Å². The summed E-state index contributed by atoms with van der Waals surface area (Å²) in [4.78, 5) is 16.2. The molecule has 0 bridgehead atoms. The van der Waals surface area contributed by atoms with Gasteiger partial charge in [0.15, 0.2) is 0 Å². The normalized spacial score (nSPS) is 14.0. The molecule has 1 aliphatic heterocycles. The zero-order valence-electron chi connectivity index (χ0n) is 12.7. The van der Waals surface area contributed by atoms with Gasteiger partial charge in [0.25, 0.3) is 5.91 Å². The molecule has 0 aliphatic carbocycles. The molecule has 23 heavy (non-hydrogen) atoms. The number of ether oxygens (including phenoxy) is 1. The Bertz CT molecular complexity index is 896. The van der Waals surface area contributed by atoms with E-state index in [0.717, 1.165) is 15.9 Å². The lowest BCUT2D eigenvalue weighted by atomic mass is 10.2. The Morgan fingerprint density at radius 2 is 2.22 bits per heavy atom. The third-order valence-electron chi connectivity index (χ3n) is 3.94. The fourth-order valence-corrected chi connectivity index (χ4v) is 3.92. The monoisotopic (exact) mass is 331 g/mol. The van der Waals surface area contributed by atoms with Crippen molar-refractivity contribution in [1.29, 1.82) is 0 Å². The predicted octanol–water partition coefficient (Wildman–Crippen LogP) is 3.12. The summed E-state index contributed by atoms with van der Waals surface area (Å²) in [6, 6.07) is 6.12. The van der Waals surface area contributed by atoms with E-state index in [2.05, 4.69) is 5.10 Å². The van der Waals surface area contributed by atoms with Crippen molar-refractivity contribution in [2.45, 2.75) is 6.92 Å². The molecule has 0 saturated heterocycles. The summed E-state index contributed by atoms with van der Waals surface area (Å²) >= 11 is 1.42. The van der Waals surface area contributed by atoms with E-state index in [-0.39, 0.29) is 11.7 Å². The zero-order valence-corrected chi connectivity index (χ0v) is 13.5. The summed E-state index contributed by atoms with van der Waals surface area (Å²) in [5.74, 6) is -0.0630. The van der Waals surface area contributed by atoms with Crippen molar-refractivity contribution in [2.24, 2.45) is 7.05 Å². The number of aromatic nitrogens is 2. The van der Waals surface area contributed by atoms with Gasteiger partial charge in [0.05, 0.1) is 22.8 Å². The van der Waals surface area contributed by atoms with E-state index in [9.17, 15) is 9.18 Å². The van der Waals surface area contributed by atoms with E-state index in [1.54, 1.807) is 15.6 Å². The molecule has 0 radical (unpaired) electrons. The van der Waals surface area contributed by atoms with Gasteiger partial charge in [-0.05, 0) is 25.1 Å². The molecule has 4 rings (SSSR count). The van der Waals surface area contributed by atoms with E-state index in [1.165, 1.54) is 23.5 Å². The minimum absolute atomic E-state index is 0.0956. The third kappa shape index (κ3) is 2.19. The molecule has 0 fully saturated rings. The first-order chi connectivity index (χ1) is 11.0. The maximum Gasteiger partial charge on any atom is 0.268 e. The zero-order chi connectivity index (χ0) is 16.1. The van der Waals surface area contributed by atoms with Crippen LogP contribution in [0.5, 0.6) is 5.75 Å². The van der Waals surface area contributed by atoms with Crippen molar-refractivity contribution in [3.8, 4) is 5.75 Å². The van der Waals surface area contributed by atoms with Crippen molar-refractivity contribution in [3.05, 3.63) is 40.7 Å². The molecule has 0 saturated carbocycles. The molecule has 3 heterocycles. The predicted molar refractivity (Wildman–Crippen MR) is 86.9 cm³/mol. The number of amides is 1. The number of carbonyl (C=O) groups is 1. The van der Waals surface area contributed by atoms with Gasteiger partial charge in [-0.3, -0.25) is 9.48 Å². The van der Waals surface area contributed by atoms with Gasteiger partial charge in [-0.15, -0.1) is 11.3 Å². The van der Waals surface area contributed by atoms with Crippen LogP contribution in [0.25, 0.3) is 10.2 Å². The lowest BCUT2D eigenvalue weighted by molar-refractivity contribution is 0.0980. The summed E-state index contributed by atoms with van der Waals surface area (Å²) < 4.78 is 20.6. The number of thiophene rings is 1. The van der Waals surface area contributed by atoms with Crippen LogP contribution in [0.1, 0.15) is 15.4 Å². The van der Waals surface area contributed by atoms with Crippen LogP contribution in [-0.2, 0) is 7.05 Å². The molecular weight excluding hydrogens is 317 g/mol. The van der Waals surface area contributed by atoms with Crippen LogP contribution in [0.2, 0.25) is 0 Å². The molecule has 1 aliphatic rings. The van der Waals surface area contributed by atoms with Crippen molar-refractivity contribution in [1.82, 2.24) is 9.78 Å². The number of nitrogens with zero attached hydrogens (tertiary/aromatic N) is 3. The maximum absolute atomic E-state index is 13.3. The van der Waals surface area contributed by atoms with E-state index in [1.807, 2.05) is 20.0 Å². The Morgan fingerprint density at radius 3 is 3.00 bits per heavy atom. The lowest BCUT2D eigenvalue weighted by Crippen LogP contribution is -2.37. The Labute approximate surface area is 135 Å². The van der Waals surface area contributed by atoms with Crippen LogP contribution < -0.4 is 9.64 Å². The van der Waals surface area contributed by atoms with E-state index in [0.29, 0.717) is 29.5 Å².